The summed E-state index contributed by atoms with van der Waals surface area (Å²) in [7, 11) is 0. The van der Waals surface area contributed by atoms with Crippen molar-refractivity contribution in [2.45, 2.75) is 37.5 Å². The predicted octanol–water partition coefficient (Wildman–Crippen LogP) is 2.44. The van der Waals surface area contributed by atoms with Gasteiger partial charge in [0.15, 0.2) is 0 Å². The Morgan fingerprint density at radius 2 is 1.94 bits per heavy atom. The fourth-order valence-electron chi connectivity index (χ4n) is 4.52. The first-order valence-corrected chi connectivity index (χ1v) is 6.86. The summed E-state index contributed by atoms with van der Waals surface area (Å²) in [6, 6.07) is 8.36. The summed E-state index contributed by atoms with van der Waals surface area (Å²) in [6.07, 6.45) is 3.93. The molecule has 1 unspecified atom stereocenters. The highest BCUT2D eigenvalue weighted by Gasteiger charge is 2.59. The summed E-state index contributed by atoms with van der Waals surface area (Å²) in [5.41, 5.74) is 2.27. The lowest BCUT2D eigenvalue weighted by molar-refractivity contribution is -0.127. The van der Waals surface area contributed by atoms with Gasteiger partial charge >= 0.3 is 0 Å². The van der Waals surface area contributed by atoms with E-state index in [0.717, 1.165) is 19.3 Å². The number of carbonyl (C=O) groups excluding carboxylic acids is 2. The molecule has 2 heteroatoms. The van der Waals surface area contributed by atoms with Gasteiger partial charge in [-0.25, -0.2) is 0 Å². The number of benzene rings is 1. The topological polar surface area (TPSA) is 34.1 Å². The van der Waals surface area contributed by atoms with Crippen molar-refractivity contribution in [3.8, 4) is 0 Å². The molecule has 2 fully saturated rings. The Bertz CT molecular complexity index is 560. The maximum absolute atomic E-state index is 12.6. The quantitative estimate of drug-likeness (QED) is 0.698. The number of Topliss-reactive ketones (excluding diaryl/α,β-unsaturated/α-hetero) is 2. The van der Waals surface area contributed by atoms with Crippen molar-refractivity contribution in [2.24, 2.45) is 11.8 Å². The van der Waals surface area contributed by atoms with Crippen LogP contribution >= 0.6 is 0 Å². The van der Waals surface area contributed by atoms with Gasteiger partial charge in [-0.05, 0) is 36.3 Å². The van der Waals surface area contributed by atoms with E-state index in [1.165, 1.54) is 11.1 Å². The van der Waals surface area contributed by atoms with Crippen molar-refractivity contribution in [1.82, 2.24) is 0 Å². The van der Waals surface area contributed by atoms with Gasteiger partial charge in [0.1, 0.15) is 11.6 Å². The lowest BCUT2D eigenvalue weighted by atomic mass is 9.58. The first-order chi connectivity index (χ1) is 8.72. The van der Waals surface area contributed by atoms with Gasteiger partial charge in [-0.2, -0.15) is 0 Å². The third-order valence-electron chi connectivity index (χ3n) is 5.36. The molecule has 2 bridgehead atoms. The maximum atomic E-state index is 12.6. The largest absolute Gasteiger partial charge is 0.299 e. The molecule has 3 aliphatic rings. The second-order valence-electron chi connectivity index (χ2n) is 6.06. The molecule has 92 valence electrons. The third-order valence-corrected chi connectivity index (χ3v) is 5.36. The SMILES string of the molecule is O=C1CC2CCc3ccccc3[C@@]23C[C@H]1CC3=O. The van der Waals surface area contributed by atoms with Crippen molar-refractivity contribution in [3.63, 3.8) is 0 Å². The van der Waals surface area contributed by atoms with Gasteiger partial charge in [0.25, 0.3) is 0 Å². The van der Waals surface area contributed by atoms with E-state index in [4.69, 9.17) is 0 Å². The highest BCUT2D eigenvalue weighted by molar-refractivity contribution is 6.01. The predicted molar refractivity (Wildman–Crippen MR) is 67.3 cm³/mol. The van der Waals surface area contributed by atoms with Crippen LogP contribution in [0.4, 0.5) is 0 Å². The van der Waals surface area contributed by atoms with E-state index in [2.05, 4.69) is 18.2 Å². The Morgan fingerprint density at radius 1 is 1.11 bits per heavy atom. The standard InChI is InChI=1S/C16H16O2/c17-14-8-12-6-5-10-3-1-2-4-13(10)16(12)9-11(14)7-15(16)18/h1-4,11-12H,5-9H2/t11-,12?,16-/m1/s1. The number of ketones is 2. The van der Waals surface area contributed by atoms with Crippen LogP contribution in [0, 0.1) is 11.8 Å². The van der Waals surface area contributed by atoms with E-state index in [0.29, 0.717) is 24.4 Å². The summed E-state index contributed by atoms with van der Waals surface area (Å²) >= 11 is 0. The van der Waals surface area contributed by atoms with Crippen molar-refractivity contribution >= 4 is 11.6 Å². The monoisotopic (exact) mass is 240 g/mol. The summed E-state index contributed by atoms with van der Waals surface area (Å²) < 4.78 is 0. The molecule has 1 aromatic carbocycles. The Labute approximate surface area is 106 Å². The van der Waals surface area contributed by atoms with Crippen LogP contribution in [-0.4, -0.2) is 11.6 Å². The van der Waals surface area contributed by atoms with Crippen molar-refractivity contribution in [3.05, 3.63) is 35.4 Å². The summed E-state index contributed by atoms with van der Waals surface area (Å²) in [5.74, 6) is 0.947. The fraction of sp³-hybridized carbons (Fsp3) is 0.500. The van der Waals surface area contributed by atoms with Gasteiger partial charge in [-0.1, -0.05) is 24.3 Å². The first-order valence-electron chi connectivity index (χ1n) is 6.86. The second-order valence-corrected chi connectivity index (χ2v) is 6.06. The van der Waals surface area contributed by atoms with Crippen molar-refractivity contribution in [1.29, 1.82) is 0 Å². The zero-order valence-corrected chi connectivity index (χ0v) is 10.3. The normalized spacial score (nSPS) is 37.3. The molecule has 0 saturated heterocycles. The van der Waals surface area contributed by atoms with Crippen LogP contribution in [0.2, 0.25) is 0 Å². The fourth-order valence-corrected chi connectivity index (χ4v) is 4.52. The van der Waals surface area contributed by atoms with Crippen molar-refractivity contribution < 1.29 is 9.59 Å². The molecule has 0 aliphatic heterocycles. The Kier molecular flexibility index (Phi) is 1.93. The molecule has 0 aromatic heterocycles. The molecule has 0 amide bonds. The van der Waals surface area contributed by atoms with Crippen molar-refractivity contribution in [2.75, 3.05) is 0 Å². The Balaban J connectivity index is 1.95. The van der Waals surface area contributed by atoms with Crippen LogP contribution < -0.4 is 0 Å². The molecule has 0 radical (unpaired) electrons. The van der Waals surface area contributed by atoms with Gasteiger partial charge in [-0.15, -0.1) is 0 Å². The molecule has 1 aromatic rings. The van der Waals surface area contributed by atoms with E-state index in [1.807, 2.05) is 6.07 Å². The molecule has 3 atom stereocenters. The highest BCUT2D eigenvalue weighted by Crippen LogP contribution is 2.56. The highest BCUT2D eigenvalue weighted by atomic mass is 16.1. The maximum Gasteiger partial charge on any atom is 0.144 e. The van der Waals surface area contributed by atoms with Crippen LogP contribution in [0.1, 0.15) is 36.8 Å². The molecule has 4 rings (SSSR count). The second kappa shape index (κ2) is 3.31. The Morgan fingerprint density at radius 3 is 2.83 bits per heavy atom. The Hall–Kier alpha value is -1.44. The molecule has 0 heterocycles. The minimum Gasteiger partial charge on any atom is -0.299 e. The van der Waals surface area contributed by atoms with Crippen LogP contribution in [0.5, 0.6) is 0 Å². The van der Waals surface area contributed by atoms with Crippen LogP contribution in [0.3, 0.4) is 0 Å². The summed E-state index contributed by atoms with van der Waals surface area (Å²) in [6.45, 7) is 0. The molecule has 1 spiro atoms. The molecule has 0 N–H and O–H groups in total. The van der Waals surface area contributed by atoms with E-state index in [-0.39, 0.29) is 17.3 Å². The number of rotatable bonds is 0. The van der Waals surface area contributed by atoms with Crippen LogP contribution in [0.25, 0.3) is 0 Å². The van der Waals surface area contributed by atoms with Gasteiger partial charge < -0.3 is 0 Å². The molecule has 2 nitrogen and oxygen atoms in total. The van der Waals surface area contributed by atoms with Gasteiger partial charge in [0, 0.05) is 18.8 Å². The molecular formula is C16H16O2. The van der Waals surface area contributed by atoms with E-state index >= 15 is 0 Å². The lowest BCUT2D eigenvalue weighted by Gasteiger charge is -2.44. The number of carbonyl (C=O) groups is 2. The lowest BCUT2D eigenvalue weighted by Crippen LogP contribution is -2.46. The number of hydrogen-bond acceptors (Lipinski definition) is 2. The van der Waals surface area contributed by atoms with Gasteiger partial charge in [-0.3, -0.25) is 9.59 Å². The molecule has 2 saturated carbocycles. The molecular weight excluding hydrogens is 224 g/mol. The van der Waals surface area contributed by atoms with Gasteiger partial charge in [0.2, 0.25) is 0 Å². The first kappa shape index (κ1) is 10.5. The molecule has 18 heavy (non-hydrogen) atoms. The third kappa shape index (κ3) is 1.09. The van der Waals surface area contributed by atoms with E-state index in [1.54, 1.807) is 0 Å². The summed E-state index contributed by atoms with van der Waals surface area (Å²) in [5, 5.41) is 0. The van der Waals surface area contributed by atoms with E-state index in [9.17, 15) is 9.59 Å². The average Bonchev–Trinajstić information content (AvgIpc) is 2.68. The summed E-state index contributed by atoms with van der Waals surface area (Å²) in [4.78, 5) is 24.6. The number of aryl methyl sites for hydroxylation is 1. The van der Waals surface area contributed by atoms with Crippen LogP contribution in [-0.2, 0) is 21.4 Å². The van der Waals surface area contributed by atoms with Crippen LogP contribution in [0.15, 0.2) is 24.3 Å². The molecule has 3 aliphatic carbocycles. The zero-order valence-electron chi connectivity index (χ0n) is 10.3. The van der Waals surface area contributed by atoms with Gasteiger partial charge in [0.05, 0.1) is 5.41 Å². The van der Waals surface area contributed by atoms with E-state index < -0.39 is 0 Å². The minimum atomic E-state index is -0.298. The number of hydrogen-bond donors (Lipinski definition) is 0. The zero-order chi connectivity index (χ0) is 12.3. The smallest absolute Gasteiger partial charge is 0.144 e. The minimum absolute atomic E-state index is 0.0138. The number of fused-ring (bicyclic) bond motifs is 2. The average molecular weight is 240 g/mol.